The quantitative estimate of drug-likeness (QED) is 0.710. The molecule has 2 nitrogen and oxygen atoms in total. The van der Waals surface area contributed by atoms with Gasteiger partial charge in [-0.2, -0.15) is 0 Å². The van der Waals surface area contributed by atoms with Gasteiger partial charge < -0.3 is 4.74 Å². The molecule has 1 atom stereocenters. The van der Waals surface area contributed by atoms with Crippen LogP contribution in [0.25, 0.3) is 0 Å². The van der Waals surface area contributed by atoms with E-state index >= 15 is 0 Å². The molecule has 84 valence electrons. The summed E-state index contributed by atoms with van der Waals surface area (Å²) in [6.45, 7) is 0.893. The number of hydrogen-bond donors (Lipinski definition) is 0. The highest BCUT2D eigenvalue weighted by Gasteiger charge is 2.56. The summed E-state index contributed by atoms with van der Waals surface area (Å²) in [7, 11) is 0. The van der Waals surface area contributed by atoms with E-state index in [1.165, 1.54) is 32.1 Å². The minimum atomic E-state index is -0.0104. The van der Waals surface area contributed by atoms with Crippen LogP contribution in [0.15, 0.2) is 0 Å². The Morgan fingerprint density at radius 3 is 2.60 bits per heavy atom. The third-order valence-corrected chi connectivity index (χ3v) is 4.58. The first-order valence-electron chi connectivity index (χ1n) is 6.46. The number of carbonyl (C=O) groups excluding carboxylic acids is 1. The van der Waals surface area contributed by atoms with Crippen LogP contribution in [0.2, 0.25) is 0 Å². The Morgan fingerprint density at radius 2 is 2.00 bits per heavy atom. The summed E-state index contributed by atoms with van der Waals surface area (Å²) < 4.78 is 5.92. The lowest BCUT2D eigenvalue weighted by Crippen LogP contribution is -2.53. The van der Waals surface area contributed by atoms with E-state index in [1.54, 1.807) is 0 Å². The minimum absolute atomic E-state index is 0.0104. The Labute approximate surface area is 91.4 Å². The first kappa shape index (κ1) is 9.83. The summed E-state index contributed by atoms with van der Waals surface area (Å²) in [6, 6.07) is 0. The monoisotopic (exact) mass is 208 g/mol. The minimum Gasteiger partial charge on any atom is -0.377 e. The maximum absolute atomic E-state index is 11.7. The van der Waals surface area contributed by atoms with E-state index in [1.807, 2.05) is 0 Å². The van der Waals surface area contributed by atoms with E-state index in [0.717, 1.165) is 25.4 Å². The van der Waals surface area contributed by atoms with Crippen molar-refractivity contribution >= 4 is 5.78 Å². The number of Topliss-reactive ketones (excluding diaryl/α,β-unsaturated/α-hetero) is 1. The van der Waals surface area contributed by atoms with Crippen LogP contribution in [0.4, 0.5) is 0 Å². The molecule has 2 heteroatoms. The van der Waals surface area contributed by atoms with Crippen LogP contribution in [-0.4, -0.2) is 18.5 Å². The van der Waals surface area contributed by atoms with E-state index in [2.05, 4.69) is 0 Å². The van der Waals surface area contributed by atoms with Crippen LogP contribution < -0.4 is 0 Å². The molecule has 0 aliphatic heterocycles. The maximum atomic E-state index is 11.7. The molecule has 15 heavy (non-hydrogen) atoms. The summed E-state index contributed by atoms with van der Waals surface area (Å²) in [6.07, 6.45) is 9.66. The van der Waals surface area contributed by atoms with Crippen molar-refractivity contribution in [2.24, 2.45) is 11.3 Å². The average Bonchev–Trinajstić information content (AvgIpc) is 2.90. The van der Waals surface area contributed by atoms with Gasteiger partial charge in [0, 0.05) is 13.0 Å². The van der Waals surface area contributed by atoms with Gasteiger partial charge in [0.15, 0.2) is 0 Å². The number of ether oxygens (including phenoxy) is 1. The standard InChI is InChI=1S/C13H20O2/c14-11-9-12(13(11)6-1-2-7-13)15-8-5-10-3-4-10/h10,12H,1-9H2. The maximum Gasteiger partial charge on any atom is 0.144 e. The summed E-state index contributed by atoms with van der Waals surface area (Å²) in [5, 5.41) is 0. The molecular weight excluding hydrogens is 188 g/mol. The summed E-state index contributed by atoms with van der Waals surface area (Å²) >= 11 is 0. The molecule has 3 saturated carbocycles. The summed E-state index contributed by atoms with van der Waals surface area (Å²) in [4.78, 5) is 11.7. The number of carbonyl (C=O) groups is 1. The van der Waals surface area contributed by atoms with Gasteiger partial charge in [-0.15, -0.1) is 0 Å². The fourth-order valence-corrected chi connectivity index (χ4v) is 3.22. The molecule has 3 rings (SSSR count). The van der Waals surface area contributed by atoms with E-state index < -0.39 is 0 Å². The Hall–Kier alpha value is -0.370. The lowest BCUT2D eigenvalue weighted by molar-refractivity contribution is -0.163. The van der Waals surface area contributed by atoms with E-state index in [9.17, 15) is 4.79 Å². The van der Waals surface area contributed by atoms with Gasteiger partial charge in [0.2, 0.25) is 0 Å². The molecule has 0 saturated heterocycles. The second kappa shape index (κ2) is 3.58. The van der Waals surface area contributed by atoms with Crippen molar-refractivity contribution in [3.63, 3.8) is 0 Å². The zero-order valence-electron chi connectivity index (χ0n) is 9.34. The van der Waals surface area contributed by atoms with Crippen LogP contribution in [-0.2, 0) is 9.53 Å². The van der Waals surface area contributed by atoms with E-state index in [0.29, 0.717) is 12.2 Å². The second-order valence-electron chi connectivity index (χ2n) is 5.58. The SMILES string of the molecule is O=C1CC(OCCC2CC2)C12CCCC2. The van der Waals surface area contributed by atoms with Gasteiger partial charge in [0.05, 0.1) is 11.5 Å². The van der Waals surface area contributed by atoms with Crippen molar-refractivity contribution in [2.75, 3.05) is 6.61 Å². The Bertz CT molecular complexity index is 262. The van der Waals surface area contributed by atoms with Gasteiger partial charge in [0.25, 0.3) is 0 Å². The molecule has 1 spiro atoms. The van der Waals surface area contributed by atoms with Crippen LogP contribution in [0.1, 0.15) is 51.4 Å². The zero-order valence-corrected chi connectivity index (χ0v) is 9.34. The summed E-state index contributed by atoms with van der Waals surface area (Å²) in [5.74, 6) is 1.43. The third-order valence-electron chi connectivity index (χ3n) is 4.58. The van der Waals surface area contributed by atoms with Gasteiger partial charge in [-0.05, 0) is 25.2 Å². The number of rotatable bonds is 4. The second-order valence-corrected chi connectivity index (χ2v) is 5.58. The fourth-order valence-electron chi connectivity index (χ4n) is 3.22. The summed E-state index contributed by atoms with van der Waals surface area (Å²) in [5.41, 5.74) is -0.0104. The van der Waals surface area contributed by atoms with Gasteiger partial charge >= 0.3 is 0 Å². The molecule has 3 aliphatic rings. The topological polar surface area (TPSA) is 26.3 Å². The van der Waals surface area contributed by atoms with Gasteiger partial charge in [-0.25, -0.2) is 0 Å². The molecule has 0 aromatic heterocycles. The molecule has 3 fully saturated rings. The lowest BCUT2D eigenvalue weighted by atomic mass is 9.63. The molecule has 3 aliphatic carbocycles. The van der Waals surface area contributed by atoms with E-state index in [-0.39, 0.29) is 11.5 Å². The van der Waals surface area contributed by atoms with Crippen molar-refractivity contribution in [1.82, 2.24) is 0 Å². The molecule has 0 radical (unpaired) electrons. The number of hydrogen-bond acceptors (Lipinski definition) is 2. The van der Waals surface area contributed by atoms with Crippen molar-refractivity contribution in [2.45, 2.75) is 57.5 Å². The van der Waals surface area contributed by atoms with Crippen LogP contribution in [0.3, 0.4) is 0 Å². The smallest absolute Gasteiger partial charge is 0.144 e. The average molecular weight is 208 g/mol. The van der Waals surface area contributed by atoms with Crippen molar-refractivity contribution in [3.05, 3.63) is 0 Å². The molecule has 0 N–H and O–H groups in total. The molecule has 0 heterocycles. The highest BCUT2D eigenvalue weighted by molar-refractivity contribution is 5.92. The van der Waals surface area contributed by atoms with Gasteiger partial charge in [-0.1, -0.05) is 25.7 Å². The van der Waals surface area contributed by atoms with Crippen LogP contribution in [0, 0.1) is 11.3 Å². The predicted molar refractivity (Wildman–Crippen MR) is 57.6 cm³/mol. The Balaban J connectivity index is 1.50. The third kappa shape index (κ3) is 1.63. The van der Waals surface area contributed by atoms with Gasteiger partial charge in [0.1, 0.15) is 5.78 Å². The number of ketones is 1. The molecule has 0 aromatic rings. The molecular formula is C13H20O2. The first-order chi connectivity index (χ1) is 7.31. The largest absolute Gasteiger partial charge is 0.377 e. The highest BCUT2D eigenvalue weighted by Crippen LogP contribution is 2.52. The lowest BCUT2D eigenvalue weighted by Gasteiger charge is -2.44. The normalized spacial score (nSPS) is 33.3. The van der Waals surface area contributed by atoms with E-state index in [4.69, 9.17) is 4.74 Å². The first-order valence-corrected chi connectivity index (χ1v) is 6.46. The zero-order chi connectivity index (χ0) is 10.3. The highest BCUT2D eigenvalue weighted by atomic mass is 16.5. The van der Waals surface area contributed by atoms with Crippen LogP contribution in [0.5, 0.6) is 0 Å². The van der Waals surface area contributed by atoms with Gasteiger partial charge in [-0.3, -0.25) is 4.79 Å². The molecule has 0 aromatic carbocycles. The molecule has 1 unspecified atom stereocenters. The van der Waals surface area contributed by atoms with Crippen molar-refractivity contribution in [3.8, 4) is 0 Å². The van der Waals surface area contributed by atoms with Crippen molar-refractivity contribution < 1.29 is 9.53 Å². The molecule has 0 bridgehead atoms. The van der Waals surface area contributed by atoms with Crippen LogP contribution >= 0.6 is 0 Å². The Kier molecular flexibility index (Phi) is 2.35. The molecule has 0 amide bonds. The predicted octanol–water partition coefficient (Wildman–Crippen LogP) is 2.70. The Morgan fingerprint density at radius 1 is 1.27 bits per heavy atom. The van der Waals surface area contributed by atoms with Crippen molar-refractivity contribution in [1.29, 1.82) is 0 Å². The fraction of sp³-hybridized carbons (Fsp3) is 0.923.